The van der Waals surface area contributed by atoms with E-state index in [1.54, 1.807) is 31.3 Å². The number of hydrogen-bond donors (Lipinski definition) is 1. The second kappa shape index (κ2) is 9.22. The summed E-state index contributed by atoms with van der Waals surface area (Å²) in [7, 11) is 3.15. The van der Waals surface area contributed by atoms with E-state index >= 15 is 0 Å². The Bertz CT molecular complexity index is 881. The second-order valence-electron chi connectivity index (χ2n) is 6.70. The molecule has 3 rings (SSSR count). The minimum absolute atomic E-state index is 0.280. The lowest BCUT2D eigenvalue weighted by atomic mass is 10.2. The van der Waals surface area contributed by atoms with Crippen molar-refractivity contribution in [3.05, 3.63) is 41.2 Å². The highest BCUT2D eigenvalue weighted by molar-refractivity contribution is 5.92. The van der Waals surface area contributed by atoms with Crippen molar-refractivity contribution in [3.8, 4) is 11.5 Å². The lowest BCUT2D eigenvalue weighted by molar-refractivity contribution is -0.118. The molecule has 29 heavy (non-hydrogen) atoms. The first-order chi connectivity index (χ1) is 14.0. The zero-order chi connectivity index (χ0) is 20.8. The number of anilines is 1. The first-order valence-electron chi connectivity index (χ1n) is 9.33. The Kier molecular flexibility index (Phi) is 6.48. The lowest BCUT2D eigenvalue weighted by Gasteiger charge is -2.32. The summed E-state index contributed by atoms with van der Waals surface area (Å²) in [6.45, 7) is 4.65. The number of benzene rings is 1. The van der Waals surface area contributed by atoms with Gasteiger partial charge in [-0.05, 0) is 30.7 Å². The molecule has 1 aliphatic rings. The van der Waals surface area contributed by atoms with Crippen LogP contribution >= 0.6 is 0 Å². The zero-order valence-electron chi connectivity index (χ0n) is 16.8. The first-order valence-corrected chi connectivity index (χ1v) is 9.33. The second-order valence-corrected chi connectivity index (χ2v) is 6.70. The Labute approximate surface area is 169 Å². The third-order valence-electron chi connectivity index (χ3n) is 4.72. The monoisotopic (exact) mass is 399 g/mol. The number of piperazine rings is 1. The maximum Gasteiger partial charge on any atom is 0.270 e. The van der Waals surface area contributed by atoms with Crippen molar-refractivity contribution in [1.82, 2.24) is 20.2 Å². The summed E-state index contributed by atoms with van der Waals surface area (Å²) >= 11 is 0. The quantitative estimate of drug-likeness (QED) is 0.694. The molecule has 1 aromatic heterocycles. The topological polar surface area (TPSA) is 96.9 Å². The minimum atomic E-state index is -0.280. The van der Waals surface area contributed by atoms with Crippen molar-refractivity contribution in [2.45, 2.75) is 13.5 Å². The Morgan fingerprint density at radius 3 is 2.48 bits per heavy atom. The summed E-state index contributed by atoms with van der Waals surface area (Å²) in [6, 6.07) is 7.15. The van der Waals surface area contributed by atoms with Gasteiger partial charge in [0, 0.05) is 38.4 Å². The Morgan fingerprint density at radius 1 is 1.10 bits per heavy atom. The maximum absolute atomic E-state index is 12.7. The van der Waals surface area contributed by atoms with E-state index in [0.29, 0.717) is 61.6 Å². The smallest absolute Gasteiger partial charge is 0.270 e. The number of carbonyl (C=O) groups excluding carboxylic acids is 2. The fraction of sp³-hybridized carbons (Fsp3) is 0.400. The molecule has 0 spiro atoms. The Morgan fingerprint density at radius 2 is 1.83 bits per heavy atom. The number of amides is 2. The minimum Gasteiger partial charge on any atom is -0.493 e. The molecule has 1 saturated heterocycles. The third-order valence-corrected chi connectivity index (χ3v) is 4.72. The molecule has 9 nitrogen and oxygen atoms in total. The summed E-state index contributed by atoms with van der Waals surface area (Å²) in [4.78, 5) is 36.1. The molecule has 154 valence electrons. The number of nitrogens with zero attached hydrogens (tertiary/aromatic N) is 4. The van der Waals surface area contributed by atoms with Gasteiger partial charge in [-0.1, -0.05) is 6.07 Å². The van der Waals surface area contributed by atoms with Crippen LogP contribution < -0.4 is 19.7 Å². The van der Waals surface area contributed by atoms with E-state index in [0.717, 1.165) is 12.0 Å². The van der Waals surface area contributed by atoms with Gasteiger partial charge in [-0.25, -0.2) is 9.97 Å². The number of ether oxygens (including phenoxy) is 2. The Hall–Kier alpha value is -3.36. The molecule has 1 fully saturated rings. The zero-order valence-corrected chi connectivity index (χ0v) is 16.8. The average Bonchev–Trinajstić information content (AvgIpc) is 2.76. The van der Waals surface area contributed by atoms with E-state index in [-0.39, 0.29) is 5.91 Å². The van der Waals surface area contributed by atoms with Gasteiger partial charge >= 0.3 is 0 Å². The van der Waals surface area contributed by atoms with Crippen molar-refractivity contribution in [2.75, 3.05) is 45.3 Å². The summed E-state index contributed by atoms with van der Waals surface area (Å²) in [5, 5.41) is 2.88. The summed E-state index contributed by atoms with van der Waals surface area (Å²) in [5.41, 5.74) is 1.90. The average molecular weight is 399 g/mol. The molecule has 1 N–H and O–H groups in total. The predicted octanol–water partition coefficient (Wildman–Crippen LogP) is 1.01. The molecule has 0 aliphatic carbocycles. The van der Waals surface area contributed by atoms with Gasteiger partial charge in [0.15, 0.2) is 11.5 Å². The van der Waals surface area contributed by atoms with E-state index in [2.05, 4.69) is 15.3 Å². The van der Waals surface area contributed by atoms with Gasteiger partial charge in [0.05, 0.1) is 14.2 Å². The van der Waals surface area contributed by atoms with Crippen LogP contribution in [0.25, 0.3) is 0 Å². The van der Waals surface area contributed by atoms with Gasteiger partial charge in [0.1, 0.15) is 5.69 Å². The van der Waals surface area contributed by atoms with Gasteiger partial charge in [-0.2, -0.15) is 0 Å². The molecule has 1 aromatic carbocycles. The van der Waals surface area contributed by atoms with Crippen molar-refractivity contribution < 1.29 is 19.1 Å². The van der Waals surface area contributed by atoms with Crippen LogP contribution in [0, 0.1) is 6.92 Å². The van der Waals surface area contributed by atoms with Gasteiger partial charge in [-0.15, -0.1) is 0 Å². The van der Waals surface area contributed by atoms with E-state index in [9.17, 15) is 9.59 Å². The number of rotatable bonds is 7. The van der Waals surface area contributed by atoms with Crippen molar-refractivity contribution in [3.63, 3.8) is 0 Å². The fourth-order valence-corrected chi connectivity index (χ4v) is 3.10. The third kappa shape index (κ3) is 4.92. The summed E-state index contributed by atoms with van der Waals surface area (Å²) in [5.74, 6) is 1.46. The van der Waals surface area contributed by atoms with Crippen molar-refractivity contribution in [2.24, 2.45) is 0 Å². The molecule has 2 heterocycles. The van der Waals surface area contributed by atoms with Crippen LogP contribution in [0.2, 0.25) is 0 Å². The van der Waals surface area contributed by atoms with Crippen molar-refractivity contribution >= 4 is 18.3 Å². The van der Waals surface area contributed by atoms with Crippen LogP contribution in [0.1, 0.15) is 21.7 Å². The molecule has 2 aromatic rings. The highest BCUT2D eigenvalue weighted by atomic mass is 16.5. The molecule has 0 unspecified atom stereocenters. The molecular formula is C20H25N5O4. The van der Waals surface area contributed by atoms with E-state index in [4.69, 9.17) is 9.47 Å². The molecule has 0 saturated carbocycles. The van der Waals surface area contributed by atoms with Gasteiger partial charge in [0.2, 0.25) is 12.4 Å². The molecule has 0 bridgehead atoms. The summed E-state index contributed by atoms with van der Waals surface area (Å²) < 4.78 is 10.5. The van der Waals surface area contributed by atoms with Crippen LogP contribution in [0.15, 0.2) is 24.3 Å². The number of aryl methyl sites for hydroxylation is 1. The number of aromatic nitrogens is 2. The van der Waals surface area contributed by atoms with Crippen LogP contribution in [0.3, 0.4) is 0 Å². The van der Waals surface area contributed by atoms with Crippen LogP contribution in [-0.4, -0.2) is 67.6 Å². The van der Waals surface area contributed by atoms with Gasteiger partial charge < -0.3 is 24.6 Å². The number of hydrogen-bond acceptors (Lipinski definition) is 7. The molecular weight excluding hydrogens is 374 g/mol. The number of nitrogens with one attached hydrogen (secondary N) is 1. The van der Waals surface area contributed by atoms with E-state index in [1.165, 1.54) is 0 Å². The molecule has 2 amide bonds. The van der Waals surface area contributed by atoms with Crippen molar-refractivity contribution in [1.29, 1.82) is 0 Å². The highest BCUT2D eigenvalue weighted by Gasteiger charge is 2.20. The van der Waals surface area contributed by atoms with Gasteiger partial charge in [-0.3, -0.25) is 9.59 Å². The van der Waals surface area contributed by atoms with E-state index in [1.807, 2.05) is 24.0 Å². The normalized spacial score (nSPS) is 13.8. The highest BCUT2D eigenvalue weighted by Crippen LogP contribution is 2.27. The lowest BCUT2D eigenvalue weighted by Crippen LogP contribution is -2.46. The van der Waals surface area contributed by atoms with Gasteiger partial charge in [0.25, 0.3) is 5.91 Å². The SMILES string of the molecule is COc1ccc(CNC(=O)c2cc(C)nc(N3CCN(C=O)CC3)n2)cc1OC. The van der Waals surface area contributed by atoms with Crippen LogP contribution in [-0.2, 0) is 11.3 Å². The maximum atomic E-state index is 12.7. The first kappa shape index (κ1) is 20.4. The molecule has 9 heteroatoms. The number of methoxy groups -OCH3 is 2. The fourth-order valence-electron chi connectivity index (χ4n) is 3.10. The van der Waals surface area contributed by atoms with Crippen LogP contribution in [0.4, 0.5) is 5.95 Å². The molecule has 1 aliphatic heterocycles. The Balaban J connectivity index is 1.68. The molecule has 0 radical (unpaired) electrons. The summed E-state index contributed by atoms with van der Waals surface area (Å²) in [6.07, 6.45) is 0.849. The number of carbonyl (C=O) groups is 2. The largest absolute Gasteiger partial charge is 0.493 e. The van der Waals surface area contributed by atoms with Crippen LogP contribution in [0.5, 0.6) is 11.5 Å². The standard InChI is InChI=1S/C20H25N5O4/c1-14-10-16(23-20(22-14)25-8-6-24(13-26)7-9-25)19(27)21-12-15-4-5-17(28-2)18(11-15)29-3/h4-5,10-11,13H,6-9,12H2,1-3H3,(H,21,27). The molecule has 0 atom stereocenters. The predicted molar refractivity (Wildman–Crippen MR) is 107 cm³/mol. The van der Waals surface area contributed by atoms with E-state index < -0.39 is 0 Å².